The molecule has 0 saturated carbocycles. The number of aromatic nitrogens is 2. The van der Waals surface area contributed by atoms with E-state index in [1.54, 1.807) is 0 Å². The minimum atomic E-state index is 0.206. The summed E-state index contributed by atoms with van der Waals surface area (Å²) >= 11 is 0. The standard InChI is InChI=1S/C25H29N3O2/c1-17-6-4-5-7-21(17)28-22-14-25(2,3)13-20(19(22)16-27-28)26-15-18-8-9-23-24(12-18)30-11-10-29-23/h4-9,12,16,20,26H,10-11,13-15H2,1-3H3. The van der Waals surface area contributed by atoms with Gasteiger partial charge in [0.1, 0.15) is 13.2 Å². The zero-order chi connectivity index (χ0) is 20.7. The summed E-state index contributed by atoms with van der Waals surface area (Å²) < 4.78 is 13.5. The van der Waals surface area contributed by atoms with Crippen molar-refractivity contribution < 1.29 is 9.47 Å². The van der Waals surface area contributed by atoms with Crippen molar-refractivity contribution in [2.24, 2.45) is 5.41 Å². The van der Waals surface area contributed by atoms with Gasteiger partial charge in [0.25, 0.3) is 0 Å². The predicted molar refractivity (Wildman–Crippen MR) is 117 cm³/mol. The van der Waals surface area contributed by atoms with Gasteiger partial charge >= 0.3 is 0 Å². The van der Waals surface area contributed by atoms with Crippen molar-refractivity contribution in [3.8, 4) is 17.2 Å². The van der Waals surface area contributed by atoms with Gasteiger partial charge in [-0.25, -0.2) is 4.68 Å². The van der Waals surface area contributed by atoms with Gasteiger partial charge in [0.15, 0.2) is 11.5 Å². The Hall–Kier alpha value is -2.79. The van der Waals surface area contributed by atoms with Crippen LogP contribution in [0.5, 0.6) is 11.5 Å². The Morgan fingerprint density at radius 3 is 2.73 bits per heavy atom. The Kier molecular flexibility index (Phi) is 4.78. The zero-order valence-electron chi connectivity index (χ0n) is 17.9. The minimum Gasteiger partial charge on any atom is -0.486 e. The molecule has 0 bridgehead atoms. The highest BCUT2D eigenvalue weighted by atomic mass is 16.6. The lowest BCUT2D eigenvalue weighted by Gasteiger charge is -2.36. The second-order valence-electron chi connectivity index (χ2n) is 9.20. The second-order valence-corrected chi connectivity index (χ2v) is 9.20. The van der Waals surface area contributed by atoms with Crippen LogP contribution in [0, 0.1) is 12.3 Å². The van der Waals surface area contributed by atoms with Gasteiger partial charge in [-0.3, -0.25) is 0 Å². The third kappa shape index (κ3) is 3.58. The SMILES string of the molecule is Cc1ccccc1-n1ncc2c1CC(C)(C)CC2NCc1ccc2c(c1)OCCO2. The highest BCUT2D eigenvalue weighted by Gasteiger charge is 2.35. The number of para-hydroxylation sites is 1. The van der Waals surface area contributed by atoms with Gasteiger partial charge in [-0.15, -0.1) is 0 Å². The fourth-order valence-corrected chi connectivity index (χ4v) is 4.67. The Bertz CT molecular complexity index is 1070. The maximum Gasteiger partial charge on any atom is 0.161 e. The fourth-order valence-electron chi connectivity index (χ4n) is 4.67. The van der Waals surface area contributed by atoms with Crippen LogP contribution >= 0.6 is 0 Å². The zero-order valence-corrected chi connectivity index (χ0v) is 17.9. The first-order valence-electron chi connectivity index (χ1n) is 10.7. The molecular weight excluding hydrogens is 374 g/mol. The van der Waals surface area contributed by atoms with E-state index in [2.05, 4.69) is 73.4 Å². The molecule has 1 aliphatic carbocycles. The first-order valence-corrected chi connectivity index (χ1v) is 10.7. The van der Waals surface area contributed by atoms with Crippen LogP contribution in [0.2, 0.25) is 0 Å². The summed E-state index contributed by atoms with van der Waals surface area (Å²) in [4.78, 5) is 0. The third-order valence-corrected chi connectivity index (χ3v) is 6.18. The molecule has 5 rings (SSSR count). The molecule has 5 nitrogen and oxygen atoms in total. The smallest absolute Gasteiger partial charge is 0.161 e. The van der Waals surface area contributed by atoms with Crippen molar-refractivity contribution in [1.29, 1.82) is 0 Å². The van der Waals surface area contributed by atoms with Crippen molar-refractivity contribution >= 4 is 0 Å². The Balaban J connectivity index is 1.41. The number of rotatable bonds is 4. The van der Waals surface area contributed by atoms with E-state index in [4.69, 9.17) is 14.6 Å². The average Bonchev–Trinajstić information content (AvgIpc) is 3.14. The van der Waals surface area contributed by atoms with Crippen LogP contribution in [-0.2, 0) is 13.0 Å². The normalized spacial score (nSPS) is 19.4. The molecule has 1 atom stereocenters. The minimum absolute atomic E-state index is 0.206. The lowest BCUT2D eigenvalue weighted by molar-refractivity contribution is 0.171. The largest absolute Gasteiger partial charge is 0.486 e. The van der Waals surface area contributed by atoms with Crippen LogP contribution in [0.4, 0.5) is 0 Å². The van der Waals surface area contributed by atoms with E-state index in [-0.39, 0.29) is 11.5 Å². The molecule has 0 radical (unpaired) electrons. The van der Waals surface area contributed by atoms with Gasteiger partial charge in [-0.2, -0.15) is 5.10 Å². The Morgan fingerprint density at radius 1 is 1.10 bits per heavy atom. The molecule has 1 unspecified atom stereocenters. The number of aryl methyl sites for hydroxylation is 1. The second kappa shape index (κ2) is 7.47. The summed E-state index contributed by atoms with van der Waals surface area (Å²) in [6, 6.07) is 15.0. The van der Waals surface area contributed by atoms with Gasteiger partial charge in [0.05, 0.1) is 11.9 Å². The predicted octanol–water partition coefficient (Wildman–Crippen LogP) is 4.76. The number of benzene rings is 2. The number of hydrogen-bond donors (Lipinski definition) is 1. The molecule has 5 heteroatoms. The molecule has 156 valence electrons. The number of fused-ring (bicyclic) bond motifs is 2. The maximum absolute atomic E-state index is 5.74. The van der Waals surface area contributed by atoms with Gasteiger partial charge in [-0.05, 0) is 54.5 Å². The summed E-state index contributed by atoms with van der Waals surface area (Å²) in [6.07, 6.45) is 4.17. The van der Waals surface area contributed by atoms with Crippen molar-refractivity contribution in [3.63, 3.8) is 0 Å². The van der Waals surface area contributed by atoms with Crippen molar-refractivity contribution in [2.75, 3.05) is 13.2 Å². The monoisotopic (exact) mass is 403 g/mol. The molecular formula is C25H29N3O2. The summed E-state index contributed by atoms with van der Waals surface area (Å²) in [6.45, 7) is 8.87. The maximum atomic E-state index is 5.74. The highest BCUT2D eigenvalue weighted by molar-refractivity contribution is 5.45. The molecule has 1 N–H and O–H groups in total. The lowest BCUT2D eigenvalue weighted by atomic mass is 9.74. The summed E-state index contributed by atoms with van der Waals surface area (Å²) in [7, 11) is 0. The quantitative estimate of drug-likeness (QED) is 0.683. The number of hydrogen-bond acceptors (Lipinski definition) is 4. The fraction of sp³-hybridized carbons (Fsp3) is 0.400. The van der Waals surface area contributed by atoms with Crippen LogP contribution in [0.1, 0.15) is 48.7 Å². The van der Waals surface area contributed by atoms with Crippen molar-refractivity contribution in [2.45, 2.75) is 46.2 Å². The third-order valence-electron chi connectivity index (χ3n) is 6.18. The Morgan fingerprint density at radius 2 is 1.90 bits per heavy atom. The molecule has 2 heterocycles. The van der Waals surface area contributed by atoms with Gasteiger partial charge in [-0.1, -0.05) is 38.1 Å². The van der Waals surface area contributed by atoms with E-state index >= 15 is 0 Å². The number of nitrogens with one attached hydrogen (secondary N) is 1. The number of ether oxygens (including phenoxy) is 2. The van der Waals surface area contributed by atoms with Crippen LogP contribution in [0.15, 0.2) is 48.7 Å². The molecule has 0 fully saturated rings. The topological polar surface area (TPSA) is 48.3 Å². The van der Waals surface area contributed by atoms with E-state index < -0.39 is 0 Å². The summed E-state index contributed by atoms with van der Waals surface area (Å²) in [5, 5.41) is 8.58. The first kappa shape index (κ1) is 19.2. The van der Waals surface area contributed by atoms with Crippen molar-refractivity contribution in [3.05, 3.63) is 71.0 Å². The summed E-state index contributed by atoms with van der Waals surface area (Å²) in [5.41, 5.74) is 6.46. The first-order chi connectivity index (χ1) is 14.5. The highest BCUT2D eigenvalue weighted by Crippen LogP contribution is 2.42. The Labute approximate surface area is 178 Å². The van der Waals surface area contributed by atoms with Crippen LogP contribution < -0.4 is 14.8 Å². The number of nitrogens with zero attached hydrogens (tertiary/aromatic N) is 2. The van der Waals surface area contributed by atoms with E-state index in [1.165, 1.54) is 28.1 Å². The van der Waals surface area contributed by atoms with E-state index in [0.29, 0.717) is 13.2 Å². The van der Waals surface area contributed by atoms with E-state index in [9.17, 15) is 0 Å². The molecule has 2 aliphatic rings. The van der Waals surface area contributed by atoms with Crippen LogP contribution in [0.3, 0.4) is 0 Å². The van der Waals surface area contributed by atoms with Gasteiger partial charge in [0, 0.05) is 23.8 Å². The molecule has 2 aromatic carbocycles. The van der Waals surface area contributed by atoms with Crippen molar-refractivity contribution in [1.82, 2.24) is 15.1 Å². The molecule has 3 aromatic rings. The van der Waals surface area contributed by atoms with Gasteiger partial charge < -0.3 is 14.8 Å². The van der Waals surface area contributed by atoms with Crippen LogP contribution in [-0.4, -0.2) is 23.0 Å². The molecule has 30 heavy (non-hydrogen) atoms. The average molecular weight is 404 g/mol. The van der Waals surface area contributed by atoms with E-state index in [1.807, 2.05) is 6.07 Å². The van der Waals surface area contributed by atoms with Crippen LogP contribution in [0.25, 0.3) is 5.69 Å². The summed E-state index contributed by atoms with van der Waals surface area (Å²) in [5.74, 6) is 1.68. The van der Waals surface area contributed by atoms with Gasteiger partial charge in [0.2, 0.25) is 0 Å². The molecule has 0 spiro atoms. The van der Waals surface area contributed by atoms with E-state index in [0.717, 1.165) is 30.9 Å². The molecule has 0 saturated heterocycles. The molecule has 1 aromatic heterocycles. The lowest BCUT2D eigenvalue weighted by Crippen LogP contribution is -2.33. The molecule has 1 aliphatic heterocycles. The molecule has 0 amide bonds.